The minimum absolute atomic E-state index is 0.229. The number of halogens is 1. The first kappa shape index (κ1) is 10.5. The zero-order valence-corrected chi connectivity index (χ0v) is 9.35. The molecule has 1 aliphatic rings. The van der Waals surface area contributed by atoms with E-state index >= 15 is 0 Å². The summed E-state index contributed by atoms with van der Waals surface area (Å²) in [5.74, 6) is 0.407. The Morgan fingerprint density at radius 2 is 2.00 bits per heavy atom. The third-order valence-electron chi connectivity index (χ3n) is 2.69. The van der Waals surface area contributed by atoms with E-state index in [2.05, 4.69) is 13.0 Å². The first-order valence-electron chi connectivity index (χ1n) is 4.99. The van der Waals surface area contributed by atoms with E-state index < -0.39 is 0 Å². The van der Waals surface area contributed by atoms with E-state index in [0.717, 1.165) is 17.7 Å². The van der Waals surface area contributed by atoms with E-state index in [9.17, 15) is 4.39 Å². The molecule has 0 saturated heterocycles. The van der Waals surface area contributed by atoms with Gasteiger partial charge < -0.3 is 0 Å². The molecule has 0 N–H and O–H groups in total. The molecule has 0 bridgehead atoms. The summed E-state index contributed by atoms with van der Waals surface area (Å²) in [7, 11) is 0. The van der Waals surface area contributed by atoms with Crippen LogP contribution >= 0.6 is 11.8 Å². The van der Waals surface area contributed by atoms with Crippen LogP contribution < -0.4 is 0 Å². The molecule has 0 aromatic heterocycles. The van der Waals surface area contributed by atoms with Gasteiger partial charge in [-0.2, -0.15) is 5.26 Å². The molecule has 1 aromatic carbocycles. The van der Waals surface area contributed by atoms with Gasteiger partial charge in [-0.05, 0) is 43.0 Å². The maximum absolute atomic E-state index is 12.7. The quantitative estimate of drug-likeness (QED) is 0.761. The van der Waals surface area contributed by atoms with Crippen LogP contribution in [0.25, 0.3) is 0 Å². The minimum Gasteiger partial charge on any atom is -0.207 e. The number of hydrogen-bond donors (Lipinski definition) is 0. The van der Waals surface area contributed by atoms with Gasteiger partial charge in [0.15, 0.2) is 0 Å². The van der Waals surface area contributed by atoms with Gasteiger partial charge in [0.2, 0.25) is 0 Å². The van der Waals surface area contributed by atoms with Gasteiger partial charge in [0.25, 0.3) is 0 Å². The van der Waals surface area contributed by atoms with E-state index in [-0.39, 0.29) is 10.6 Å². The zero-order chi connectivity index (χ0) is 10.9. The standard InChI is InChI=1S/C12H12FNS/c1-9-6-12(7-9,8-14)15-11-4-2-10(13)3-5-11/h2-5,9H,6-7H2,1H3. The molecule has 3 heteroatoms. The second-order valence-electron chi connectivity index (χ2n) is 4.18. The number of rotatable bonds is 2. The van der Waals surface area contributed by atoms with E-state index in [0.29, 0.717) is 5.92 Å². The van der Waals surface area contributed by atoms with Crippen LogP contribution in [0.4, 0.5) is 4.39 Å². The fourth-order valence-corrected chi connectivity index (χ4v) is 3.50. The summed E-state index contributed by atoms with van der Waals surface area (Å²) >= 11 is 1.56. The molecule has 2 rings (SSSR count). The highest BCUT2D eigenvalue weighted by atomic mass is 32.2. The summed E-state index contributed by atoms with van der Waals surface area (Å²) in [5.41, 5.74) is 0. The lowest BCUT2D eigenvalue weighted by atomic mass is 9.76. The van der Waals surface area contributed by atoms with Crippen molar-refractivity contribution in [2.45, 2.75) is 29.4 Å². The summed E-state index contributed by atoms with van der Waals surface area (Å²) < 4.78 is 12.4. The fourth-order valence-electron chi connectivity index (χ4n) is 1.99. The van der Waals surface area contributed by atoms with Crippen LogP contribution in [0.1, 0.15) is 19.8 Å². The number of thioether (sulfide) groups is 1. The molecule has 0 amide bonds. The molecule has 78 valence electrons. The average Bonchev–Trinajstić information content (AvgIpc) is 2.18. The molecule has 1 fully saturated rings. The van der Waals surface area contributed by atoms with Crippen molar-refractivity contribution in [3.05, 3.63) is 30.1 Å². The van der Waals surface area contributed by atoms with Crippen molar-refractivity contribution in [1.29, 1.82) is 5.26 Å². The minimum atomic E-state index is -0.267. The molecule has 15 heavy (non-hydrogen) atoms. The fraction of sp³-hybridized carbons (Fsp3) is 0.417. The van der Waals surface area contributed by atoms with Crippen molar-refractivity contribution >= 4 is 11.8 Å². The van der Waals surface area contributed by atoms with Crippen LogP contribution in [0, 0.1) is 23.1 Å². The van der Waals surface area contributed by atoms with Gasteiger partial charge >= 0.3 is 0 Å². The van der Waals surface area contributed by atoms with Crippen molar-refractivity contribution in [1.82, 2.24) is 0 Å². The van der Waals surface area contributed by atoms with Gasteiger partial charge in [0.05, 0.1) is 6.07 Å². The first-order valence-corrected chi connectivity index (χ1v) is 5.81. The number of benzene rings is 1. The monoisotopic (exact) mass is 221 g/mol. The highest BCUT2D eigenvalue weighted by Gasteiger charge is 2.43. The molecule has 0 spiro atoms. The van der Waals surface area contributed by atoms with Gasteiger partial charge in [-0.15, -0.1) is 11.8 Å². The zero-order valence-electron chi connectivity index (χ0n) is 8.53. The second kappa shape index (κ2) is 3.86. The average molecular weight is 221 g/mol. The predicted octanol–water partition coefficient (Wildman–Crippen LogP) is 3.61. The van der Waals surface area contributed by atoms with Crippen LogP contribution in [-0.4, -0.2) is 4.75 Å². The van der Waals surface area contributed by atoms with E-state index in [1.807, 2.05) is 0 Å². The molecule has 0 aliphatic heterocycles. The molecule has 0 atom stereocenters. The third kappa shape index (κ3) is 2.15. The van der Waals surface area contributed by atoms with Crippen LogP contribution in [0.2, 0.25) is 0 Å². The van der Waals surface area contributed by atoms with Crippen LogP contribution in [-0.2, 0) is 0 Å². The Morgan fingerprint density at radius 3 is 2.47 bits per heavy atom. The Hall–Kier alpha value is -1.01. The predicted molar refractivity (Wildman–Crippen MR) is 59.0 cm³/mol. The third-order valence-corrected chi connectivity index (χ3v) is 4.01. The Bertz CT molecular complexity index is 387. The maximum Gasteiger partial charge on any atom is 0.123 e. The lowest BCUT2D eigenvalue weighted by Crippen LogP contribution is -2.37. The lowest BCUT2D eigenvalue weighted by Gasteiger charge is -2.40. The molecule has 1 aliphatic carbocycles. The molecule has 1 saturated carbocycles. The van der Waals surface area contributed by atoms with Crippen LogP contribution in [0.15, 0.2) is 29.2 Å². The van der Waals surface area contributed by atoms with Crippen molar-refractivity contribution in [2.24, 2.45) is 5.92 Å². The van der Waals surface area contributed by atoms with Gasteiger partial charge in [0.1, 0.15) is 10.6 Å². The Kier molecular flexibility index (Phi) is 2.70. The Morgan fingerprint density at radius 1 is 1.40 bits per heavy atom. The summed E-state index contributed by atoms with van der Waals surface area (Å²) in [6.07, 6.45) is 1.87. The highest BCUT2D eigenvalue weighted by Crippen LogP contribution is 2.50. The summed E-state index contributed by atoms with van der Waals surface area (Å²) in [4.78, 5) is 0.977. The van der Waals surface area contributed by atoms with E-state index in [4.69, 9.17) is 5.26 Å². The molecule has 0 radical (unpaired) electrons. The molecular weight excluding hydrogens is 209 g/mol. The molecule has 0 unspecified atom stereocenters. The van der Waals surface area contributed by atoms with Crippen molar-refractivity contribution in [3.63, 3.8) is 0 Å². The number of nitriles is 1. The number of nitrogens with zero attached hydrogens (tertiary/aromatic N) is 1. The molecular formula is C12H12FNS. The molecule has 1 aromatic rings. The SMILES string of the molecule is CC1CC(C#N)(Sc2ccc(F)cc2)C1. The normalized spacial score (nSPS) is 29.3. The van der Waals surface area contributed by atoms with E-state index in [1.54, 1.807) is 23.9 Å². The number of hydrogen-bond acceptors (Lipinski definition) is 2. The first-order chi connectivity index (χ1) is 7.13. The van der Waals surface area contributed by atoms with Crippen LogP contribution in [0.3, 0.4) is 0 Å². The van der Waals surface area contributed by atoms with Gasteiger partial charge in [-0.1, -0.05) is 6.92 Å². The van der Waals surface area contributed by atoms with Crippen molar-refractivity contribution < 1.29 is 4.39 Å². The summed E-state index contributed by atoms with van der Waals surface area (Å²) in [6, 6.07) is 8.73. The van der Waals surface area contributed by atoms with Gasteiger partial charge in [-0.25, -0.2) is 4.39 Å². The summed E-state index contributed by atoms with van der Waals surface area (Å²) in [6.45, 7) is 2.15. The largest absolute Gasteiger partial charge is 0.207 e. The Balaban J connectivity index is 2.09. The van der Waals surface area contributed by atoms with Crippen molar-refractivity contribution in [2.75, 3.05) is 0 Å². The smallest absolute Gasteiger partial charge is 0.123 e. The summed E-state index contributed by atoms with van der Waals surface area (Å²) in [5, 5.41) is 9.13. The topological polar surface area (TPSA) is 23.8 Å². The van der Waals surface area contributed by atoms with Gasteiger partial charge in [0, 0.05) is 4.90 Å². The Labute approximate surface area is 93.3 Å². The highest BCUT2D eigenvalue weighted by molar-refractivity contribution is 8.01. The van der Waals surface area contributed by atoms with Gasteiger partial charge in [-0.3, -0.25) is 0 Å². The van der Waals surface area contributed by atoms with E-state index in [1.165, 1.54) is 12.1 Å². The van der Waals surface area contributed by atoms with Crippen molar-refractivity contribution in [3.8, 4) is 6.07 Å². The second-order valence-corrected chi connectivity index (χ2v) is 5.63. The maximum atomic E-state index is 12.7. The molecule has 1 nitrogen and oxygen atoms in total. The molecule has 0 heterocycles. The lowest BCUT2D eigenvalue weighted by molar-refractivity contribution is 0.303. The van der Waals surface area contributed by atoms with Crippen LogP contribution in [0.5, 0.6) is 0 Å².